The predicted octanol–water partition coefficient (Wildman–Crippen LogP) is 2.37. The van der Waals surface area contributed by atoms with E-state index in [9.17, 15) is 0 Å². The Morgan fingerprint density at radius 1 is 1.62 bits per heavy atom. The monoisotopic (exact) mass is 457 g/mol. The van der Waals surface area contributed by atoms with Gasteiger partial charge in [0.2, 0.25) is 0 Å². The summed E-state index contributed by atoms with van der Waals surface area (Å²) in [7, 11) is 0. The van der Waals surface area contributed by atoms with Crippen molar-refractivity contribution in [3.63, 3.8) is 0 Å². The Hall–Kier alpha value is 2.11. The molecule has 2 N–H and O–H groups in total. The fraction of sp³-hybridized carbons (Fsp3) is 1.00. The molecule has 0 radical (unpaired) electrons. The zero-order chi connectivity index (χ0) is 6.57. The van der Waals surface area contributed by atoms with Crippen molar-refractivity contribution in [2.45, 2.75) is 0 Å². The normalized spacial score (nSPS) is 13.5. The van der Waals surface area contributed by atoms with E-state index < -0.39 is 40.7 Å². The molecule has 0 aromatic rings. The molecule has 0 saturated carbocycles. The van der Waals surface area contributed by atoms with E-state index in [1.165, 1.54) is 2.43 Å². The van der Waals surface area contributed by atoms with Crippen LogP contribution in [0.5, 0.6) is 0 Å². The summed E-state index contributed by atoms with van der Waals surface area (Å²) in [6.45, 7) is 0. The van der Waals surface area contributed by atoms with Crippen molar-refractivity contribution >= 4 is 63.3 Å². The number of rotatable bonds is 3. The van der Waals surface area contributed by atoms with E-state index in [-0.39, 0.29) is 0 Å². The maximum absolute atomic E-state index is 5.54. The second kappa shape index (κ2) is 5.86. The van der Waals surface area contributed by atoms with Crippen LogP contribution >= 0.6 is 63.3 Å². The van der Waals surface area contributed by atoms with E-state index in [0.29, 0.717) is 0 Å². The van der Waals surface area contributed by atoms with Crippen LogP contribution < -0.4 is 3.95 Å². The Labute approximate surface area is 79.7 Å². The third-order valence-electron chi connectivity index (χ3n) is 0.334. The van der Waals surface area contributed by atoms with Gasteiger partial charge in [0.05, 0.1) is 0 Å². The molecule has 0 unspecified atom stereocenters. The molecule has 54 valence electrons. The van der Waals surface area contributed by atoms with Crippen molar-refractivity contribution in [2.24, 2.45) is 3.95 Å². The van der Waals surface area contributed by atoms with Crippen LogP contribution in [-0.2, 0) is 1.40 Å². The fourth-order valence-corrected chi connectivity index (χ4v) is 11.8. The molecular formula is C3H10I3NO. The van der Waals surface area contributed by atoms with Gasteiger partial charge in [-0.25, -0.2) is 0 Å². The van der Waals surface area contributed by atoms with E-state index in [1.54, 1.807) is 0 Å². The Morgan fingerprint density at radius 2 is 2.12 bits per heavy atom. The first-order chi connectivity index (χ1) is 3.66. The second-order valence-corrected chi connectivity index (χ2v) is 13.8. The Balaban J connectivity index is 3.10. The molecule has 0 aliphatic carbocycles. The van der Waals surface area contributed by atoms with E-state index >= 15 is 0 Å². The molecule has 5 heteroatoms. The standard InChI is InChI=1S/C3H10I3NO/c1-5(3-4)8-6(2)7/h3,7H2,1-2H3. The van der Waals surface area contributed by atoms with Crippen LogP contribution in [0, 0.1) is 0 Å². The van der Waals surface area contributed by atoms with Gasteiger partial charge < -0.3 is 0 Å². The van der Waals surface area contributed by atoms with Crippen LogP contribution in [0.2, 0.25) is 0 Å². The average Bonchev–Trinajstić information content (AvgIpc) is 1.65. The molecule has 0 spiro atoms. The molecular weight excluding hydrogens is 447 g/mol. The minimum atomic E-state index is -1.33. The molecule has 0 bridgehead atoms. The second-order valence-electron chi connectivity index (χ2n) is 1.15. The third-order valence-corrected chi connectivity index (χ3v) is 15.0. The number of hydrogen-bond donors (Lipinski definition) is 1. The molecule has 2 nitrogen and oxygen atoms in total. The van der Waals surface area contributed by atoms with Gasteiger partial charge in [0.1, 0.15) is 0 Å². The van der Waals surface area contributed by atoms with Gasteiger partial charge in [0, 0.05) is 0 Å². The number of hydrogen-bond acceptors (Lipinski definition) is 2. The van der Waals surface area contributed by atoms with Crippen molar-refractivity contribution in [1.29, 1.82) is 0 Å². The predicted molar refractivity (Wildman–Crippen MR) is 64.0 cm³/mol. The Morgan fingerprint density at radius 3 is 2.25 bits per heavy atom. The van der Waals surface area contributed by atoms with Crippen molar-refractivity contribution in [3.05, 3.63) is 0 Å². The number of nitrogens with two attached hydrogens (primary N) is 1. The van der Waals surface area contributed by atoms with E-state index in [0.717, 1.165) is 0 Å². The van der Waals surface area contributed by atoms with Crippen molar-refractivity contribution in [2.75, 3.05) is 12.3 Å². The molecule has 0 heterocycles. The van der Waals surface area contributed by atoms with Gasteiger partial charge in [0.25, 0.3) is 0 Å². The summed E-state index contributed by atoms with van der Waals surface area (Å²) < 4.78 is 12.2. The molecule has 0 aliphatic heterocycles. The van der Waals surface area contributed by atoms with E-state index in [1.807, 2.05) is 4.93 Å². The van der Waals surface area contributed by atoms with Gasteiger partial charge in [-0.3, -0.25) is 0 Å². The van der Waals surface area contributed by atoms with E-state index in [4.69, 9.17) is 5.34 Å². The van der Waals surface area contributed by atoms with Crippen LogP contribution in [0.4, 0.5) is 0 Å². The summed E-state index contributed by atoms with van der Waals surface area (Å²) in [6, 6.07) is 0. The summed E-state index contributed by atoms with van der Waals surface area (Å²) in [5, 5.41) is 0. The summed E-state index contributed by atoms with van der Waals surface area (Å²) in [5.41, 5.74) is 0. The number of halogens is 3. The quantitative estimate of drug-likeness (QED) is 0.402. The van der Waals surface area contributed by atoms with Gasteiger partial charge in [-0.2, -0.15) is 0 Å². The molecule has 0 aliphatic rings. The summed E-state index contributed by atoms with van der Waals surface area (Å²) in [6.07, 6.45) is 0. The van der Waals surface area contributed by atoms with Crippen molar-refractivity contribution in [3.8, 4) is 0 Å². The van der Waals surface area contributed by atoms with Gasteiger partial charge in [-0.1, -0.05) is 0 Å². The van der Waals surface area contributed by atoms with Crippen LogP contribution in [-0.4, -0.2) is 12.3 Å². The molecule has 0 amide bonds. The first-order valence-corrected chi connectivity index (χ1v) is 12.2. The summed E-state index contributed by atoms with van der Waals surface area (Å²) in [5.74, 6) is 0. The van der Waals surface area contributed by atoms with Crippen LogP contribution in [0.3, 0.4) is 0 Å². The molecule has 0 rings (SSSR count). The zero-order valence-corrected chi connectivity index (χ0v) is 11.3. The first-order valence-electron chi connectivity index (χ1n) is 1.82. The SMILES string of the molecule is CI(N)OI(C)CI. The average molecular weight is 457 g/mol. The minimum absolute atomic E-state index is 0.957. The van der Waals surface area contributed by atoms with Crippen molar-refractivity contribution < 1.29 is 1.40 Å². The summed E-state index contributed by atoms with van der Waals surface area (Å²) >= 11 is 0.0786. The van der Waals surface area contributed by atoms with Gasteiger partial charge in [0.15, 0.2) is 0 Å². The Bertz CT molecular complexity index is 60.5. The van der Waals surface area contributed by atoms with E-state index in [2.05, 4.69) is 27.5 Å². The van der Waals surface area contributed by atoms with Gasteiger partial charge in [-0.15, -0.1) is 0 Å². The maximum atomic E-state index is 5.54. The topological polar surface area (TPSA) is 35.2 Å². The van der Waals surface area contributed by atoms with Crippen LogP contribution in [0.25, 0.3) is 0 Å². The number of alkyl halides is 4. The first kappa shape index (κ1) is 10.1. The molecule has 0 atom stereocenters. The van der Waals surface area contributed by atoms with Gasteiger partial charge >= 0.3 is 81.0 Å². The molecule has 0 fully saturated rings. The molecule has 0 aromatic heterocycles. The third kappa shape index (κ3) is 6.23. The summed E-state index contributed by atoms with van der Waals surface area (Å²) in [4.78, 5) is 4.24. The molecule has 0 aromatic carbocycles. The zero-order valence-electron chi connectivity index (χ0n) is 4.83. The Kier molecular flexibility index (Phi) is 7.41. The molecule has 8 heavy (non-hydrogen) atoms. The van der Waals surface area contributed by atoms with Crippen molar-refractivity contribution in [1.82, 2.24) is 0 Å². The van der Waals surface area contributed by atoms with Crippen LogP contribution in [0.1, 0.15) is 0 Å². The molecule has 0 saturated heterocycles. The van der Waals surface area contributed by atoms with Gasteiger partial charge in [-0.05, 0) is 0 Å². The fourth-order valence-electron chi connectivity index (χ4n) is 0.173. The van der Waals surface area contributed by atoms with Crippen LogP contribution in [0.15, 0.2) is 0 Å².